The van der Waals surface area contributed by atoms with Crippen molar-refractivity contribution in [2.24, 2.45) is 5.92 Å². The molecule has 0 spiro atoms. The minimum atomic E-state index is -3.83. The second-order valence-electron chi connectivity index (χ2n) is 9.26. The smallest absolute Gasteiger partial charge is 0.265 e. The summed E-state index contributed by atoms with van der Waals surface area (Å²) in [5.41, 5.74) is 2.77. The highest BCUT2D eigenvalue weighted by molar-refractivity contribution is 7.89. The molecule has 1 saturated heterocycles. The van der Waals surface area contributed by atoms with Crippen LogP contribution in [-0.4, -0.2) is 43.7 Å². The molecule has 0 unspecified atom stereocenters. The fraction of sp³-hybridized carbons (Fsp3) is 0.440. The number of hydrogen-bond acceptors (Lipinski definition) is 5. The minimum Gasteiger partial charge on any atom is -0.479 e. The van der Waals surface area contributed by atoms with Crippen LogP contribution >= 0.6 is 0 Å². The molecule has 5 rings (SSSR count). The molecule has 0 saturated carbocycles. The van der Waals surface area contributed by atoms with E-state index in [9.17, 15) is 18.0 Å². The number of amides is 2. The molecule has 1 aliphatic carbocycles. The largest absolute Gasteiger partial charge is 0.479 e. The molecule has 0 radical (unpaired) electrons. The number of anilines is 1. The van der Waals surface area contributed by atoms with Gasteiger partial charge in [0.25, 0.3) is 5.91 Å². The average molecular weight is 484 g/mol. The highest BCUT2D eigenvalue weighted by Gasteiger charge is 2.35. The third-order valence-corrected chi connectivity index (χ3v) is 8.82. The molecule has 2 N–H and O–H groups in total. The van der Waals surface area contributed by atoms with Gasteiger partial charge in [-0.25, -0.2) is 8.42 Å². The zero-order chi connectivity index (χ0) is 23.9. The highest BCUT2D eigenvalue weighted by atomic mass is 32.2. The summed E-state index contributed by atoms with van der Waals surface area (Å²) in [7, 11) is -3.83. The van der Waals surface area contributed by atoms with E-state index >= 15 is 0 Å². The van der Waals surface area contributed by atoms with Crippen molar-refractivity contribution in [3.63, 3.8) is 0 Å². The molecule has 8 nitrogen and oxygen atoms in total. The van der Waals surface area contributed by atoms with Gasteiger partial charge < -0.3 is 15.4 Å². The van der Waals surface area contributed by atoms with Crippen LogP contribution in [0.15, 0.2) is 47.4 Å². The van der Waals surface area contributed by atoms with Crippen molar-refractivity contribution in [1.82, 2.24) is 9.62 Å². The molecule has 2 amide bonds. The fourth-order valence-electron chi connectivity index (χ4n) is 5.07. The standard InChI is InChI=1S/C25H29N3O5S/c1-16-24(29)27-22-14-19(11-12-23(22)33-16)34(31,32)28-13-5-8-18(15-28)25(30)26-21-10-4-7-17-6-2-3-9-20(17)21/h2-3,6,9,11-12,14,16,18,21H,4-5,7-8,10,13,15H2,1H3,(H,26,30)(H,27,29)/t16-,18+,21+/m0/s1. The molecule has 180 valence electrons. The van der Waals surface area contributed by atoms with E-state index in [0.717, 1.165) is 24.8 Å². The first-order valence-corrected chi connectivity index (χ1v) is 13.3. The lowest BCUT2D eigenvalue weighted by molar-refractivity contribution is -0.127. The van der Waals surface area contributed by atoms with Crippen molar-refractivity contribution in [3.8, 4) is 5.75 Å². The van der Waals surface area contributed by atoms with E-state index in [4.69, 9.17) is 4.74 Å². The normalized spacial score (nSPS) is 24.9. The molecule has 34 heavy (non-hydrogen) atoms. The van der Waals surface area contributed by atoms with Crippen LogP contribution < -0.4 is 15.4 Å². The van der Waals surface area contributed by atoms with Crippen LogP contribution in [0.4, 0.5) is 5.69 Å². The number of nitrogens with one attached hydrogen (secondary N) is 2. The van der Waals surface area contributed by atoms with Crippen molar-refractivity contribution in [3.05, 3.63) is 53.6 Å². The number of piperidine rings is 1. The minimum absolute atomic E-state index is 0.0314. The Morgan fingerprint density at radius 1 is 1.15 bits per heavy atom. The van der Waals surface area contributed by atoms with E-state index in [-0.39, 0.29) is 29.3 Å². The summed E-state index contributed by atoms with van der Waals surface area (Å²) in [5.74, 6) is -0.378. The molecule has 0 bridgehead atoms. The molecule has 3 atom stereocenters. The van der Waals surface area contributed by atoms with Gasteiger partial charge in [-0.2, -0.15) is 4.31 Å². The molecule has 2 aromatic rings. The van der Waals surface area contributed by atoms with Crippen LogP contribution in [0, 0.1) is 5.92 Å². The lowest BCUT2D eigenvalue weighted by atomic mass is 9.87. The van der Waals surface area contributed by atoms with Gasteiger partial charge in [0.15, 0.2) is 6.10 Å². The van der Waals surface area contributed by atoms with Crippen molar-refractivity contribution in [2.45, 2.75) is 56.1 Å². The number of rotatable bonds is 4. The monoisotopic (exact) mass is 483 g/mol. The second-order valence-corrected chi connectivity index (χ2v) is 11.2. The molecule has 9 heteroatoms. The predicted molar refractivity (Wildman–Crippen MR) is 127 cm³/mol. The van der Waals surface area contributed by atoms with E-state index in [1.54, 1.807) is 13.0 Å². The van der Waals surface area contributed by atoms with E-state index in [2.05, 4.69) is 22.8 Å². The third kappa shape index (κ3) is 4.30. The molecule has 1 fully saturated rings. The van der Waals surface area contributed by atoms with Gasteiger partial charge in [0.2, 0.25) is 15.9 Å². The Morgan fingerprint density at radius 2 is 1.97 bits per heavy atom. The van der Waals surface area contributed by atoms with Crippen LogP contribution in [0.1, 0.15) is 49.8 Å². The number of ether oxygens (including phenoxy) is 1. The summed E-state index contributed by atoms with van der Waals surface area (Å²) in [4.78, 5) is 25.2. The number of carbonyl (C=O) groups excluding carboxylic acids is 2. The van der Waals surface area contributed by atoms with Crippen molar-refractivity contribution >= 4 is 27.5 Å². The van der Waals surface area contributed by atoms with Crippen LogP contribution in [-0.2, 0) is 26.0 Å². The van der Waals surface area contributed by atoms with Gasteiger partial charge in [-0.15, -0.1) is 0 Å². The average Bonchev–Trinajstić information content (AvgIpc) is 2.85. The van der Waals surface area contributed by atoms with Crippen molar-refractivity contribution < 1.29 is 22.7 Å². The van der Waals surface area contributed by atoms with Crippen LogP contribution in [0.25, 0.3) is 0 Å². The van der Waals surface area contributed by atoms with Gasteiger partial charge in [-0.1, -0.05) is 24.3 Å². The SMILES string of the molecule is C[C@@H]1Oc2ccc(S(=O)(=O)N3CCC[C@@H](C(=O)N[C@@H]4CCCc5ccccc54)C3)cc2NC1=O. The lowest BCUT2D eigenvalue weighted by Crippen LogP contribution is -2.46. The summed E-state index contributed by atoms with van der Waals surface area (Å²) in [5, 5.41) is 5.88. The zero-order valence-corrected chi connectivity index (χ0v) is 19.9. The Bertz CT molecular complexity index is 1230. The summed E-state index contributed by atoms with van der Waals surface area (Å²) in [6.45, 7) is 2.13. The Hall–Kier alpha value is -2.91. The van der Waals surface area contributed by atoms with Crippen molar-refractivity contribution in [1.29, 1.82) is 0 Å². The van der Waals surface area contributed by atoms with Gasteiger partial charge in [-0.05, 0) is 68.4 Å². The maximum Gasteiger partial charge on any atom is 0.265 e. The number of aryl methyl sites for hydroxylation is 1. The third-order valence-electron chi connectivity index (χ3n) is 6.96. The van der Waals surface area contributed by atoms with Crippen LogP contribution in [0.5, 0.6) is 5.75 Å². The number of sulfonamides is 1. The first kappa shape index (κ1) is 22.9. The number of carbonyl (C=O) groups is 2. The molecule has 2 heterocycles. The molecule has 0 aromatic heterocycles. The maximum absolute atomic E-state index is 13.4. The first-order chi connectivity index (χ1) is 16.3. The Morgan fingerprint density at radius 3 is 2.82 bits per heavy atom. The quantitative estimate of drug-likeness (QED) is 0.696. The topological polar surface area (TPSA) is 105 Å². The molecule has 3 aliphatic rings. The molecular weight excluding hydrogens is 454 g/mol. The van der Waals surface area contributed by atoms with Crippen LogP contribution in [0.2, 0.25) is 0 Å². The molecule has 2 aromatic carbocycles. The summed E-state index contributed by atoms with van der Waals surface area (Å²) >= 11 is 0. The summed E-state index contributed by atoms with van der Waals surface area (Å²) in [6.07, 6.45) is 3.55. The second kappa shape index (κ2) is 9.03. The van der Waals surface area contributed by atoms with E-state index < -0.39 is 22.0 Å². The zero-order valence-electron chi connectivity index (χ0n) is 19.1. The van der Waals surface area contributed by atoms with Gasteiger partial charge in [0.05, 0.1) is 22.5 Å². The molecular formula is C25H29N3O5S. The fourth-order valence-corrected chi connectivity index (χ4v) is 6.62. The van der Waals surface area contributed by atoms with E-state index in [1.807, 2.05) is 12.1 Å². The van der Waals surface area contributed by atoms with Gasteiger partial charge in [0, 0.05) is 13.1 Å². The number of nitrogens with zero attached hydrogens (tertiary/aromatic N) is 1. The summed E-state index contributed by atoms with van der Waals surface area (Å²) in [6, 6.07) is 12.6. The van der Waals surface area contributed by atoms with Crippen molar-refractivity contribution in [2.75, 3.05) is 18.4 Å². The van der Waals surface area contributed by atoms with Crippen LogP contribution in [0.3, 0.4) is 0 Å². The maximum atomic E-state index is 13.4. The number of benzene rings is 2. The van der Waals surface area contributed by atoms with Gasteiger partial charge in [-0.3, -0.25) is 9.59 Å². The Balaban J connectivity index is 1.30. The summed E-state index contributed by atoms with van der Waals surface area (Å²) < 4.78 is 33.7. The first-order valence-electron chi connectivity index (χ1n) is 11.8. The molecule has 2 aliphatic heterocycles. The van der Waals surface area contributed by atoms with E-state index in [1.165, 1.54) is 22.0 Å². The van der Waals surface area contributed by atoms with Gasteiger partial charge >= 0.3 is 0 Å². The Labute approximate surface area is 199 Å². The number of fused-ring (bicyclic) bond motifs is 2. The predicted octanol–water partition coefficient (Wildman–Crippen LogP) is 3.00. The van der Waals surface area contributed by atoms with Gasteiger partial charge in [0.1, 0.15) is 5.75 Å². The number of hydrogen-bond donors (Lipinski definition) is 2. The van der Waals surface area contributed by atoms with E-state index in [0.29, 0.717) is 30.8 Å². The highest BCUT2D eigenvalue weighted by Crippen LogP contribution is 2.34. The Kier molecular flexibility index (Phi) is 6.07. The lowest BCUT2D eigenvalue weighted by Gasteiger charge is -2.33.